The molecule has 0 bridgehead atoms. The third-order valence-electron chi connectivity index (χ3n) is 4.15. The van der Waals surface area contributed by atoms with E-state index in [-0.39, 0.29) is 12.0 Å². The van der Waals surface area contributed by atoms with Crippen molar-refractivity contribution in [2.45, 2.75) is 18.6 Å². The summed E-state index contributed by atoms with van der Waals surface area (Å²) in [4.78, 5) is 27.7. The molecule has 1 aromatic carbocycles. The minimum Gasteiger partial charge on any atom is -0.448 e. The topological polar surface area (TPSA) is 70.1 Å². The molecule has 6 nitrogen and oxygen atoms in total. The van der Waals surface area contributed by atoms with Crippen LogP contribution in [0.1, 0.15) is 18.0 Å². The Bertz CT molecular complexity index is 633. The molecule has 1 aliphatic rings. The first-order chi connectivity index (χ1) is 11.9. The smallest absolute Gasteiger partial charge is 0.329 e. The molecule has 1 aromatic rings. The Morgan fingerprint density at radius 2 is 2.08 bits per heavy atom. The standard InChI is InChI=1S/C18H23ClN2O4/c1-20(2)16(23)10-14-11-21(9-8-15(14)22)17(18(24)25-12-19)13-6-4-3-5-7-13/h3-7,10,15,17,22H,8-9,11-12H2,1-2H3/b14-10+. The van der Waals surface area contributed by atoms with E-state index in [9.17, 15) is 14.7 Å². The van der Waals surface area contributed by atoms with Crippen LogP contribution in [0.5, 0.6) is 0 Å². The van der Waals surface area contributed by atoms with E-state index < -0.39 is 18.1 Å². The zero-order valence-corrected chi connectivity index (χ0v) is 15.1. The lowest BCUT2D eigenvalue weighted by Crippen LogP contribution is -2.43. The maximum Gasteiger partial charge on any atom is 0.329 e. The number of aliphatic hydroxyl groups is 1. The number of amides is 1. The summed E-state index contributed by atoms with van der Waals surface area (Å²) in [6.45, 7) is 0.809. The Morgan fingerprint density at radius 3 is 2.68 bits per heavy atom. The number of aliphatic hydroxyl groups excluding tert-OH is 1. The Hall–Kier alpha value is -1.89. The van der Waals surface area contributed by atoms with Gasteiger partial charge in [0, 0.05) is 33.3 Å². The van der Waals surface area contributed by atoms with Crippen LogP contribution in [0.15, 0.2) is 42.0 Å². The van der Waals surface area contributed by atoms with Gasteiger partial charge >= 0.3 is 5.97 Å². The molecule has 7 heteroatoms. The monoisotopic (exact) mass is 366 g/mol. The largest absolute Gasteiger partial charge is 0.448 e. The second-order valence-corrected chi connectivity index (χ2v) is 6.33. The third kappa shape index (κ3) is 5.04. The summed E-state index contributed by atoms with van der Waals surface area (Å²) in [6.07, 6.45) is 1.18. The molecule has 1 amide bonds. The fraction of sp³-hybridized carbons (Fsp3) is 0.444. The summed E-state index contributed by atoms with van der Waals surface area (Å²) < 4.78 is 5.02. The number of hydrogen-bond acceptors (Lipinski definition) is 5. The van der Waals surface area contributed by atoms with Gasteiger partial charge in [-0.25, -0.2) is 4.79 Å². The van der Waals surface area contributed by atoms with E-state index in [1.165, 1.54) is 11.0 Å². The number of halogens is 1. The highest BCUT2D eigenvalue weighted by Gasteiger charge is 2.34. The van der Waals surface area contributed by atoms with E-state index in [2.05, 4.69) is 0 Å². The first-order valence-corrected chi connectivity index (χ1v) is 8.59. The predicted octanol–water partition coefficient (Wildman–Crippen LogP) is 1.55. The van der Waals surface area contributed by atoms with Crippen molar-refractivity contribution in [1.82, 2.24) is 9.80 Å². The predicted molar refractivity (Wildman–Crippen MR) is 95.0 cm³/mol. The lowest BCUT2D eigenvalue weighted by Gasteiger charge is -2.36. The summed E-state index contributed by atoms with van der Waals surface area (Å²) >= 11 is 5.56. The van der Waals surface area contributed by atoms with Gasteiger partial charge < -0.3 is 14.7 Å². The van der Waals surface area contributed by atoms with E-state index >= 15 is 0 Å². The van der Waals surface area contributed by atoms with E-state index in [1.54, 1.807) is 14.1 Å². The number of carbonyl (C=O) groups excluding carboxylic acids is 2. The van der Waals surface area contributed by atoms with Crippen LogP contribution < -0.4 is 0 Å². The molecule has 0 aliphatic carbocycles. The summed E-state index contributed by atoms with van der Waals surface area (Å²) in [5, 5.41) is 10.2. The number of likely N-dealkylation sites (tertiary alicyclic amines) is 1. The van der Waals surface area contributed by atoms with Crippen LogP contribution in [0.4, 0.5) is 0 Å². The van der Waals surface area contributed by atoms with Crippen molar-refractivity contribution in [3.8, 4) is 0 Å². The Morgan fingerprint density at radius 1 is 1.40 bits per heavy atom. The van der Waals surface area contributed by atoms with E-state index in [1.807, 2.05) is 35.2 Å². The molecule has 0 radical (unpaired) electrons. The molecule has 2 atom stereocenters. The van der Waals surface area contributed by atoms with Gasteiger partial charge in [-0.15, -0.1) is 0 Å². The van der Waals surface area contributed by atoms with Crippen LogP contribution >= 0.6 is 11.6 Å². The van der Waals surface area contributed by atoms with Crippen molar-refractivity contribution < 1.29 is 19.4 Å². The van der Waals surface area contributed by atoms with Gasteiger partial charge in [0.2, 0.25) is 5.91 Å². The maximum atomic E-state index is 12.5. The first-order valence-electron chi connectivity index (χ1n) is 8.05. The number of benzene rings is 1. The second-order valence-electron chi connectivity index (χ2n) is 6.11. The van der Waals surface area contributed by atoms with Gasteiger partial charge in [0.25, 0.3) is 0 Å². The average Bonchev–Trinajstić information content (AvgIpc) is 2.59. The van der Waals surface area contributed by atoms with Crippen LogP contribution in [0, 0.1) is 0 Å². The van der Waals surface area contributed by atoms with Gasteiger partial charge in [-0.3, -0.25) is 9.69 Å². The zero-order chi connectivity index (χ0) is 18.4. The number of carbonyl (C=O) groups is 2. The Kier molecular flexibility index (Phi) is 6.99. The summed E-state index contributed by atoms with van der Waals surface area (Å²) in [5.74, 6) is -0.647. The molecule has 1 aliphatic heterocycles. The molecule has 136 valence electrons. The van der Waals surface area contributed by atoms with E-state index in [0.29, 0.717) is 25.1 Å². The van der Waals surface area contributed by atoms with Crippen molar-refractivity contribution in [1.29, 1.82) is 0 Å². The molecule has 0 saturated carbocycles. The number of nitrogens with zero attached hydrogens (tertiary/aromatic N) is 2. The normalized spacial score (nSPS) is 21.0. The molecule has 0 spiro atoms. The number of hydrogen-bond donors (Lipinski definition) is 1. The van der Waals surface area contributed by atoms with Crippen molar-refractivity contribution in [2.75, 3.05) is 33.3 Å². The molecule has 2 rings (SSSR count). The number of rotatable bonds is 5. The number of piperidine rings is 1. The van der Waals surface area contributed by atoms with E-state index in [4.69, 9.17) is 16.3 Å². The fourth-order valence-electron chi connectivity index (χ4n) is 2.81. The van der Waals surface area contributed by atoms with Crippen molar-refractivity contribution >= 4 is 23.5 Å². The summed E-state index contributed by atoms with van der Waals surface area (Å²) in [5.41, 5.74) is 1.37. The first kappa shape index (κ1) is 19.4. The third-order valence-corrected chi connectivity index (χ3v) is 4.26. The lowest BCUT2D eigenvalue weighted by molar-refractivity contribution is -0.148. The number of ether oxygens (including phenoxy) is 1. The van der Waals surface area contributed by atoms with Gasteiger partial charge in [0.1, 0.15) is 6.04 Å². The number of alkyl halides is 1. The number of likely N-dealkylation sites (N-methyl/N-ethyl adjacent to an activating group) is 1. The quantitative estimate of drug-likeness (QED) is 0.486. The molecule has 1 saturated heterocycles. The van der Waals surface area contributed by atoms with Crippen molar-refractivity contribution in [3.63, 3.8) is 0 Å². The minimum absolute atomic E-state index is 0.199. The minimum atomic E-state index is -0.694. The molecule has 1 N–H and O–H groups in total. The highest BCUT2D eigenvalue weighted by molar-refractivity contribution is 6.17. The summed E-state index contributed by atoms with van der Waals surface area (Å²) in [7, 11) is 3.30. The molecule has 1 heterocycles. The molecule has 25 heavy (non-hydrogen) atoms. The second kappa shape index (κ2) is 8.99. The van der Waals surface area contributed by atoms with Crippen LogP contribution in [-0.4, -0.2) is 66.1 Å². The van der Waals surface area contributed by atoms with Gasteiger partial charge in [-0.05, 0) is 17.6 Å². The average molecular weight is 367 g/mol. The zero-order valence-electron chi connectivity index (χ0n) is 14.4. The fourth-order valence-corrected chi connectivity index (χ4v) is 2.91. The maximum absolute atomic E-state index is 12.5. The lowest BCUT2D eigenvalue weighted by atomic mass is 9.96. The molecule has 0 aromatic heterocycles. The number of esters is 1. The van der Waals surface area contributed by atoms with Crippen molar-refractivity contribution in [3.05, 3.63) is 47.5 Å². The van der Waals surface area contributed by atoms with Gasteiger partial charge in [-0.2, -0.15) is 0 Å². The van der Waals surface area contributed by atoms with Crippen LogP contribution in [0.25, 0.3) is 0 Å². The summed E-state index contributed by atoms with van der Waals surface area (Å²) in [6, 6.07) is 8.40. The van der Waals surface area contributed by atoms with Crippen LogP contribution in [0.3, 0.4) is 0 Å². The molecule has 2 unspecified atom stereocenters. The SMILES string of the molecule is CN(C)C(=O)/C=C1\CN(C(C(=O)OCCl)c2ccccc2)CCC1O. The van der Waals surface area contributed by atoms with Gasteiger partial charge in [-0.1, -0.05) is 41.9 Å². The Balaban J connectivity index is 2.28. The highest BCUT2D eigenvalue weighted by atomic mass is 35.5. The van der Waals surface area contributed by atoms with Crippen LogP contribution in [-0.2, 0) is 14.3 Å². The van der Waals surface area contributed by atoms with Crippen LogP contribution in [0.2, 0.25) is 0 Å². The van der Waals surface area contributed by atoms with Gasteiger partial charge in [0.15, 0.2) is 6.07 Å². The van der Waals surface area contributed by atoms with Crippen molar-refractivity contribution in [2.24, 2.45) is 0 Å². The highest BCUT2D eigenvalue weighted by Crippen LogP contribution is 2.28. The molecular formula is C18H23ClN2O4. The van der Waals surface area contributed by atoms with E-state index in [0.717, 1.165) is 5.56 Å². The van der Waals surface area contributed by atoms with Gasteiger partial charge in [0.05, 0.1) is 6.10 Å². The Labute approximate surface area is 152 Å². The molecular weight excluding hydrogens is 344 g/mol. The molecule has 1 fully saturated rings.